The Labute approximate surface area is 203 Å². The molecule has 1 fully saturated rings. The van der Waals surface area contributed by atoms with Crippen LogP contribution in [0, 0.1) is 6.92 Å². The molecule has 5 rings (SSSR count). The van der Waals surface area contributed by atoms with E-state index in [0.717, 1.165) is 52.3 Å². The van der Waals surface area contributed by atoms with E-state index in [1.807, 2.05) is 60.4 Å². The number of hydrogen-bond acceptors (Lipinski definition) is 5. The van der Waals surface area contributed by atoms with Crippen molar-refractivity contribution in [2.75, 3.05) is 38.2 Å². The van der Waals surface area contributed by atoms with E-state index in [-0.39, 0.29) is 5.91 Å². The first-order chi connectivity index (χ1) is 16.5. The van der Waals surface area contributed by atoms with Gasteiger partial charge in [0.25, 0.3) is 5.91 Å². The average Bonchev–Trinajstić information content (AvgIpc) is 2.90. The van der Waals surface area contributed by atoms with Gasteiger partial charge in [-0.1, -0.05) is 23.7 Å². The number of rotatable bonds is 4. The molecular formula is C27H25ClN4O2. The fourth-order valence-electron chi connectivity index (χ4n) is 4.40. The molecule has 7 heteroatoms. The highest BCUT2D eigenvalue weighted by molar-refractivity contribution is 6.32. The van der Waals surface area contributed by atoms with E-state index in [1.54, 1.807) is 19.5 Å². The Morgan fingerprint density at radius 2 is 1.76 bits per heavy atom. The molecule has 4 aromatic rings. The summed E-state index contributed by atoms with van der Waals surface area (Å²) in [6, 6.07) is 17.4. The standard InChI is InChI=1S/C27H25ClN4O2/c1-18-24(28)7-6-22-23(17-25(30-26(18)22)19-8-10-29-11-9-19)27(33)32-14-12-31(13-15-32)20-4-3-5-21(16-20)34-2/h3-11,16-17H,12-15H2,1-2H3. The second-order valence-electron chi connectivity index (χ2n) is 8.34. The lowest BCUT2D eigenvalue weighted by molar-refractivity contribution is 0.0748. The summed E-state index contributed by atoms with van der Waals surface area (Å²) >= 11 is 6.40. The van der Waals surface area contributed by atoms with Gasteiger partial charge in [-0.25, -0.2) is 4.98 Å². The van der Waals surface area contributed by atoms with Crippen molar-refractivity contribution in [2.45, 2.75) is 6.92 Å². The number of nitrogens with zero attached hydrogens (tertiary/aromatic N) is 4. The van der Waals surface area contributed by atoms with Crippen molar-refractivity contribution in [3.05, 3.63) is 83.1 Å². The second-order valence-corrected chi connectivity index (χ2v) is 8.75. The number of ether oxygens (including phenoxy) is 1. The van der Waals surface area contributed by atoms with Gasteiger partial charge in [0.2, 0.25) is 0 Å². The zero-order valence-electron chi connectivity index (χ0n) is 19.2. The van der Waals surface area contributed by atoms with Crippen LogP contribution in [-0.4, -0.2) is 54.1 Å². The SMILES string of the molecule is COc1cccc(N2CCN(C(=O)c3cc(-c4ccncc4)nc4c(C)c(Cl)ccc34)CC2)c1. The molecule has 172 valence electrons. The average molecular weight is 473 g/mol. The fourth-order valence-corrected chi connectivity index (χ4v) is 4.55. The number of benzene rings is 2. The quantitative estimate of drug-likeness (QED) is 0.407. The third-order valence-electron chi connectivity index (χ3n) is 6.36. The summed E-state index contributed by atoms with van der Waals surface area (Å²) in [5, 5.41) is 1.46. The topological polar surface area (TPSA) is 58.6 Å². The van der Waals surface area contributed by atoms with Crippen LogP contribution in [0.25, 0.3) is 22.2 Å². The third-order valence-corrected chi connectivity index (χ3v) is 6.77. The summed E-state index contributed by atoms with van der Waals surface area (Å²) in [5.74, 6) is 0.839. The number of halogens is 1. The molecule has 2 aromatic heterocycles. The number of carbonyl (C=O) groups is 1. The van der Waals surface area contributed by atoms with Gasteiger partial charge in [-0.3, -0.25) is 9.78 Å². The predicted octanol–water partition coefficient (Wildman–Crippen LogP) is 5.23. The number of aryl methyl sites for hydroxylation is 1. The first-order valence-electron chi connectivity index (χ1n) is 11.2. The number of pyridine rings is 2. The highest BCUT2D eigenvalue weighted by atomic mass is 35.5. The van der Waals surface area contributed by atoms with Crippen LogP contribution in [0.5, 0.6) is 5.75 Å². The molecule has 0 spiro atoms. The Hall–Kier alpha value is -3.64. The van der Waals surface area contributed by atoms with Gasteiger partial charge >= 0.3 is 0 Å². The molecule has 1 saturated heterocycles. The van der Waals surface area contributed by atoms with Gasteiger partial charge in [-0.2, -0.15) is 0 Å². The van der Waals surface area contributed by atoms with Gasteiger partial charge in [0.1, 0.15) is 5.75 Å². The number of carbonyl (C=O) groups excluding carboxylic acids is 1. The van der Waals surface area contributed by atoms with E-state index >= 15 is 0 Å². The summed E-state index contributed by atoms with van der Waals surface area (Å²) in [5.41, 5.74) is 5.01. The summed E-state index contributed by atoms with van der Waals surface area (Å²) in [6.45, 7) is 4.72. The molecule has 2 aromatic carbocycles. The zero-order chi connectivity index (χ0) is 23.7. The van der Waals surface area contributed by atoms with Gasteiger partial charge in [0.15, 0.2) is 0 Å². The fraction of sp³-hybridized carbons (Fsp3) is 0.222. The van der Waals surface area contributed by atoms with Crippen molar-refractivity contribution in [1.29, 1.82) is 0 Å². The highest BCUT2D eigenvalue weighted by Crippen LogP contribution is 2.31. The molecule has 0 saturated carbocycles. The minimum Gasteiger partial charge on any atom is -0.497 e. The van der Waals surface area contributed by atoms with Crippen molar-refractivity contribution < 1.29 is 9.53 Å². The van der Waals surface area contributed by atoms with Gasteiger partial charge in [0, 0.05) is 66.3 Å². The minimum atomic E-state index is 0.00900. The van der Waals surface area contributed by atoms with Crippen LogP contribution in [0.2, 0.25) is 5.02 Å². The lowest BCUT2D eigenvalue weighted by Crippen LogP contribution is -2.48. The molecule has 34 heavy (non-hydrogen) atoms. The number of amides is 1. The largest absolute Gasteiger partial charge is 0.497 e. The van der Waals surface area contributed by atoms with Gasteiger partial charge in [-0.05, 0) is 48.9 Å². The smallest absolute Gasteiger partial charge is 0.254 e. The van der Waals surface area contributed by atoms with Gasteiger partial charge < -0.3 is 14.5 Å². The molecule has 6 nitrogen and oxygen atoms in total. The third kappa shape index (κ3) is 4.17. The van der Waals surface area contributed by atoms with Crippen LogP contribution >= 0.6 is 11.6 Å². The number of hydrogen-bond donors (Lipinski definition) is 0. The summed E-state index contributed by atoms with van der Waals surface area (Å²) < 4.78 is 5.36. The molecule has 3 heterocycles. The van der Waals surface area contributed by atoms with Crippen LogP contribution in [0.15, 0.2) is 67.0 Å². The van der Waals surface area contributed by atoms with Crippen LogP contribution in [0.3, 0.4) is 0 Å². The molecule has 0 N–H and O–H groups in total. The summed E-state index contributed by atoms with van der Waals surface area (Å²) in [7, 11) is 1.67. The monoisotopic (exact) mass is 472 g/mol. The van der Waals surface area contributed by atoms with E-state index in [9.17, 15) is 4.79 Å². The number of fused-ring (bicyclic) bond motifs is 1. The Kier molecular flexibility index (Phi) is 6.07. The van der Waals surface area contributed by atoms with Gasteiger partial charge in [0.05, 0.1) is 23.9 Å². The van der Waals surface area contributed by atoms with Crippen molar-refractivity contribution in [1.82, 2.24) is 14.9 Å². The molecule has 1 aliphatic heterocycles. The van der Waals surface area contributed by atoms with Crippen molar-refractivity contribution in [2.24, 2.45) is 0 Å². The van der Waals surface area contributed by atoms with E-state index in [2.05, 4.69) is 16.0 Å². The summed E-state index contributed by atoms with van der Waals surface area (Å²) in [6.07, 6.45) is 3.46. The number of piperazine rings is 1. The molecule has 0 aliphatic carbocycles. The number of methoxy groups -OCH3 is 1. The summed E-state index contributed by atoms with van der Waals surface area (Å²) in [4.78, 5) is 26.9. The predicted molar refractivity (Wildman–Crippen MR) is 136 cm³/mol. The Morgan fingerprint density at radius 1 is 1.00 bits per heavy atom. The lowest BCUT2D eigenvalue weighted by atomic mass is 10.0. The number of aromatic nitrogens is 2. The van der Waals surface area contributed by atoms with E-state index in [0.29, 0.717) is 23.7 Å². The van der Waals surface area contributed by atoms with Crippen LogP contribution < -0.4 is 9.64 Å². The van der Waals surface area contributed by atoms with Crippen LogP contribution in [-0.2, 0) is 0 Å². The molecule has 0 radical (unpaired) electrons. The van der Waals surface area contributed by atoms with Crippen LogP contribution in [0.4, 0.5) is 5.69 Å². The molecule has 0 bridgehead atoms. The molecule has 1 amide bonds. The normalized spacial score (nSPS) is 13.9. The first kappa shape index (κ1) is 22.2. The van der Waals surface area contributed by atoms with Crippen molar-refractivity contribution >= 4 is 34.1 Å². The Bertz CT molecular complexity index is 1350. The maximum atomic E-state index is 13.8. The highest BCUT2D eigenvalue weighted by Gasteiger charge is 2.25. The Balaban J connectivity index is 1.47. The van der Waals surface area contributed by atoms with Crippen molar-refractivity contribution in [3.63, 3.8) is 0 Å². The molecule has 1 aliphatic rings. The number of anilines is 1. The van der Waals surface area contributed by atoms with E-state index in [1.165, 1.54) is 0 Å². The van der Waals surface area contributed by atoms with E-state index in [4.69, 9.17) is 21.3 Å². The second kappa shape index (κ2) is 9.31. The molecule has 0 unspecified atom stereocenters. The zero-order valence-corrected chi connectivity index (χ0v) is 19.9. The minimum absolute atomic E-state index is 0.00900. The molecular weight excluding hydrogens is 448 g/mol. The molecule has 0 atom stereocenters. The first-order valence-corrected chi connectivity index (χ1v) is 11.6. The maximum absolute atomic E-state index is 13.8. The van der Waals surface area contributed by atoms with Crippen LogP contribution in [0.1, 0.15) is 15.9 Å². The van der Waals surface area contributed by atoms with E-state index < -0.39 is 0 Å². The Morgan fingerprint density at radius 3 is 2.50 bits per heavy atom. The van der Waals surface area contributed by atoms with Gasteiger partial charge in [-0.15, -0.1) is 0 Å². The lowest BCUT2D eigenvalue weighted by Gasteiger charge is -2.36. The maximum Gasteiger partial charge on any atom is 0.254 e. The van der Waals surface area contributed by atoms with Crippen molar-refractivity contribution in [3.8, 4) is 17.0 Å².